The fourth-order valence-corrected chi connectivity index (χ4v) is 4.07. The van der Waals surface area contributed by atoms with Crippen molar-refractivity contribution >= 4 is 38.9 Å². The van der Waals surface area contributed by atoms with Gasteiger partial charge >= 0.3 is 0 Å². The maximum Gasteiger partial charge on any atom is 0.251 e. The largest absolute Gasteiger partial charge is 0.340 e. The number of amides is 2. The average Bonchev–Trinajstić information content (AvgIpc) is 3.24. The van der Waals surface area contributed by atoms with Gasteiger partial charge in [-0.15, -0.1) is 11.3 Å². The molecule has 0 spiro atoms. The van der Waals surface area contributed by atoms with Crippen LogP contribution in [0.15, 0.2) is 90.3 Å². The number of fused-ring (bicyclic) bond motifs is 1. The zero-order chi connectivity index (χ0) is 20.1. The molecule has 0 aliphatic heterocycles. The Labute approximate surface area is 173 Å². The Morgan fingerprint density at radius 2 is 1.55 bits per heavy atom. The maximum atomic E-state index is 13.1. The predicted molar refractivity (Wildman–Crippen MR) is 118 cm³/mol. The number of nitrogens with one attached hydrogen (secondary N) is 2. The van der Waals surface area contributed by atoms with E-state index in [1.807, 2.05) is 66.0 Å². The van der Waals surface area contributed by atoms with Crippen molar-refractivity contribution < 1.29 is 9.59 Å². The molecule has 29 heavy (non-hydrogen) atoms. The number of hydrogen-bond acceptors (Lipinski definition) is 3. The molecule has 0 fully saturated rings. The second-order valence-corrected chi connectivity index (χ2v) is 7.63. The molecule has 1 heterocycles. The number of hydrogen-bond donors (Lipinski definition) is 2. The number of carbonyl (C=O) groups excluding carboxylic acids is 2. The number of carbonyl (C=O) groups is 2. The quantitative estimate of drug-likeness (QED) is 0.485. The van der Waals surface area contributed by atoms with E-state index >= 15 is 0 Å². The molecule has 1 unspecified atom stereocenters. The second-order valence-electron chi connectivity index (χ2n) is 6.72. The summed E-state index contributed by atoms with van der Waals surface area (Å²) in [6.45, 7) is 0. The van der Waals surface area contributed by atoms with Gasteiger partial charge in [0.25, 0.3) is 5.91 Å². The standard InChI is InChI=1S/C24H20N2O2S/c27-23(19-10-5-2-6-11-19)26-21(16-17-8-3-1-4-9-17)24(28)25-20-13-7-12-18-14-15-29-22(18)20/h1-15,21H,16H2,(H,25,28)(H,26,27). The summed E-state index contributed by atoms with van der Waals surface area (Å²) in [6.07, 6.45) is 0.408. The molecule has 2 N–H and O–H groups in total. The van der Waals surface area contributed by atoms with Gasteiger partial charge < -0.3 is 10.6 Å². The van der Waals surface area contributed by atoms with Crippen LogP contribution < -0.4 is 10.6 Å². The molecular formula is C24H20N2O2S. The first kappa shape index (κ1) is 18.9. The van der Waals surface area contributed by atoms with Crippen molar-refractivity contribution in [1.29, 1.82) is 0 Å². The van der Waals surface area contributed by atoms with Crippen LogP contribution in [0.5, 0.6) is 0 Å². The van der Waals surface area contributed by atoms with Gasteiger partial charge in [-0.3, -0.25) is 9.59 Å². The highest BCUT2D eigenvalue weighted by Crippen LogP contribution is 2.28. The highest BCUT2D eigenvalue weighted by atomic mass is 32.1. The van der Waals surface area contributed by atoms with E-state index < -0.39 is 6.04 Å². The van der Waals surface area contributed by atoms with Crippen molar-refractivity contribution in [3.63, 3.8) is 0 Å². The van der Waals surface area contributed by atoms with E-state index in [-0.39, 0.29) is 11.8 Å². The molecule has 4 aromatic rings. The molecule has 2 amide bonds. The minimum Gasteiger partial charge on any atom is -0.340 e. The lowest BCUT2D eigenvalue weighted by Gasteiger charge is -2.19. The molecule has 0 bridgehead atoms. The Morgan fingerprint density at radius 3 is 2.31 bits per heavy atom. The van der Waals surface area contributed by atoms with Crippen molar-refractivity contribution in [2.45, 2.75) is 12.5 Å². The van der Waals surface area contributed by atoms with E-state index in [2.05, 4.69) is 10.6 Å². The smallest absolute Gasteiger partial charge is 0.251 e. The van der Waals surface area contributed by atoms with Gasteiger partial charge in [0.1, 0.15) is 6.04 Å². The van der Waals surface area contributed by atoms with Crippen molar-refractivity contribution in [2.24, 2.45) is 0 Å². The predicted octanol–water partition coefficient (Wildman–Crippen LogP) is 4.88. The van der Waals surface area contributed by atoms with Gasteiger partial charge in [-0.25, -0.2) is 0 Å². The zero-order valence-electron chi connectivity index (χ0n) is 15.7. The van der Waals surface area contributed by atoms with Gasteiger partial charge in [0.05, 0.1) is 10.4 Å². The molecule has 1 aromatic heterocycles. The van der Waals surface area contributed by atoms with Crippen LogP contribution in [0.1, 0.15) is 15.9 Å². The first-order valence-corrected chi connectivity index (χ1v) is 10.3. The monoisotopic (exact) mass is 400 g/mol. The van der Waals surface area contributed by atoms with Crippen LogP contribution >= 0.6 is 11.3 Å². The third kappa shape index (κ3) is 4.52. The average molecular weight is 401 g/mol. The first-order chi connectivity index (χ1) is 14.2. The Kier molecular flexibility index (Phi) is 5.68. The van der Waals surface area contributed by atoms with Crippen LogP contribution in [-0.4, -0.2) is 17.9 Å². The van der Waals surface area contributed by atoms with E-state index in [1.165, 1.54) is 0 Å². The summed E-state index contributed by atoms with van der Waals surface area (Å²) < 4.78 is 1.02. The Bertz CT molecular complexity index is 1120. The lowest BCUT2D eigenvalue weighted by atomic mass is 10.0. The number of benzene rings is 3. The van der Waals surface area contributed by atoms with Gasteiger partial charge in [0.2, 0.25) is 5.91 Å². The lowest BCUT2D eigenvalue weighted by molar-refractivity contribution is -0.118. The van der Waals surface area contributed by atoms with E-state index in [4.69, 9.17) is 0 Å². The molecule has 4 nitrogen and oxygen atoms in total. The molecule has 0 aliphatic rings. The van der Waals surface area contributed by atoms with E-state index in [0.29, 0.717) is 12.0 Å². The van der Waals surface area contributed by atoms with Crippen molar-refractivity contribution in [3.05, 3.63) is 101 Å². The van der Waals surface area contributed by atoms with Gasteiger partial charge in [-0.05, 0) is 40.6 Å². The van der Waals surface area contributed by atoms with Crippen LogP contribution in [0.3, 0.4) is 0 Å². The minimum absolute atomic E-state index is 0.237. The van der Waals surface area contributed by atoms with Crippen molar-refractivity contribution in [1.82, 2.24) is 5.32 Å². The number of rotatable bonds is 6. The summed E-state index contributed by atoms with van der Waals surface area (Å²) in [5.74, 6) is -0.505. The molecule has 5 heteroatoms. The summed E-state index contributed by atoms with van der Waals surface area (Å²) >= 11 is 1.58. The molecule has 0 radical (unpaired) electrons. The van der Waals surface area contributed by atoms with Crippen molar-refractivity contribution in [2.75, 3.05) is 5.32 Å². The normalized spacial score (nSPS) is 11.7. The first-order valence-electron chi connectivity index (χ1n) is 9.37. The molecule has 0 aliphatic carbocycles. The summed E-state index contributed by atoms with van der Waals surface area (Å²) in [7, 11) is 0. The summed E-state index contributed by atoms with van der Waals surface area (Å²) in [6, 6.07) is 25.8. The van der Waals surface area contributed by atoms with Crippen LogP contribution in [0, 0.1) is 0 Å². The van der Waals surface area contributed by atoms with Crippen LogP contribution in [-0.2, 0) is 11.2 Å². The molecule has 0 saturated carbocycles. The zero-order valence-corrected chi connectivity index (χ0v) is 16.5. The lowest BCUT2D eigenvalue weighted by Crippen LogP contribution is -2.45. The van der Waals surface area contributed by atoms with E-state index in [0.717, 1.165) is 21.3 Å². The molecule has 144 valence electrons. The third-order valence-corrected chi connectivity index (χ3v) is 5.64. The SMILES string of the molecule is O=C(NC(Cc1ccccc1)C(=O)Nc1cccc2ccsc12)c1ccccc1. The van der Waals surface area contributed by atoms with Crippen LogP contribution in [0.4, 0.5) is 5.69 Å². The summed E-state index contributed by atoms with van der Waals surface area (Å²) in [4.78, 5) is 25.8. The molecule has 1 atom stereocenters. The number of thiophene rings is 1. The van der Waals surface area contributed by atoms with Gasteiger partial charge in [0.15, 0.2) is 0 Å². The Balaban J connectivity index is 1.57. The van der Waals surface area contributed by atoms with Gasteiger partial charge in [-0.2, -0.15) is 0 Å². The van der Waals surface area contributed by atoms with Crippen LogP contribution in [0.25, 0.3) is 10.1 Å². The second kappa shape index (κ2) is 8.71. The molecule has 0 saturated heterocycles. The van der Waals surface area contributed by atoms with Crippen LogP contribution in [0.2, 0.25) is 0 Å². The summed E-state index contributed by atoms with van der Waals surface area (Å²) in [5.41, 5.74) is 2.27. The molecule has 4 rings (SSSR count). The van der Waals surface area contributed by atoms with Gasteiger partial charge in [-0.1, -0.05) is 60.7 Å². The number of anilines is 1. The topological polar surface area (TPSA) is 58.2 Å². The summed E-state index contributed by atoms with van der Waals surface area (Å²) in [5, 5.41) is 8.98. The van der Waals surface area contributed by atoms with E-state index in [9.17, 15) is 9.59 Å². The van der Waals surface area contributed by atoms with E-state index in [1.54, 1.807) is 35.6 Å². The highest BCUT2D eigenvalue weighted by Gasteiger charge is 2.22. The fourth-order valence-electron chi connectivity index (χ4n) is 3.20. The molecule has 3 aromatic carbocycles. The highest BCUT2D eigenvalue weighted by molar-refractivity contribution is 7.17. The minimum atomic E-state index is -0.694. The third-order valence-electron chi connectivity index (χ3n) is 4.68. The fraction of sp³-hybridized carbons (Fsp3) is 0.0833. The Hall–Kier alpha value is -3.44. The Morgan fingerprint density at radius 1 is 0.828 bits per heavy atom. The molecular weight excluding hydrogens is 380 g/mol. The van der Waals surface area contributed by atoms with Crippen molar-refractivity contribution in [3.8, 4) is 0 Å². The van der Waals surface area contributed by atoms with Gasteiger partial charge in [0, 0.05) is 12.0 Å². The maximum absolute atomic E-state index is 13.1.